The maximum Gasteiger partial charge on any atom is 0.255 e. The van der Waals surface area contributed by atoms with E-state index in [2.05, 4.69) is 19.9 Å². The number of nitrogens with zero attached hydrogens (tertiary/aromatic N) is 4. The third-order valence-corrected chi connectivity index (χ3v) is 5.17. The molecule has 23 heavy (non-hydrogen) atoms. The predicted octanol–water partition coefficient (Wildman–Crippen LogP) is 1.76. The summed E-state index contributed by atoms with van der Waals surface area (Å²) in [6, 6.07) is 0. The van der Waals surface area contributed by atoms with E-state index in [4.69, 9.17) is 4.98 Å². The van der Waals surface area contributed by atoms with E-state index in [9.17, 15) is 4.79 Å². The zero-order chi connectivity index (χ0) is 15.6. The lowest BCUT2D eigenvalue weighted by atomic mass is 10.1. The van der Waals surface area contributed by atoms with Crippen LogP contribution in [0.15, 0.2) is 21.5 Å². The number of aliphatic imine (C=N–C) groups is 1. The van der Waals surface area contributed by atoms with Gasteiger partial charge in [0.05, 0.1) is 22.5 Å². The molecule has 0 saturated heterocycles. The summed E-state index contributed by atoms with van der Waals surface area (Å²) in [5, 5.41) is 0. The van der Waals surface area contributed by atoms with Crippen LogP contribution in [0.5, 0.6) is 0 Å². The molecule has 120 valence electrons. The quantitative estimate of drug-likeness (QED) is 0.931. The third kappa shape index (κ3) is 3.11. The third-order valence-electron chi connectivity index (χ3n) is 4.41. The van der Waals surface area contributed by atoms with Gasteiger partial charge in [-0.3, -0.25) is 19.7 Å². The lowest BCUT2D eigenvalue weighted by molar-refractivity contribution is 0.243. The van der Waals surface area contributed by atoms with E-state index in [1.54, 1.807) is 11.3 Å². The van der Waals surface area contributed by atoms with Crippen LogP contribution in [0.25, 0.3) is 0 Å². The summed E-state index contributed by atoms with van der Waals surface area (Å²) in [7, 11) is 0. The average molecular weight is 329 g/mol. The van der Waals surface area contributed by atoms with E-state index in [1.807, 2.05) is 11.7 Å². The van der Waals surface area contributed by atoms with Gasteiger partial charge in [0.25, 0.3) is 5.56 Å². The van der Waals surface area contributed by atoms with Gasteiger partial charge in [0.15, 0.2) is 5.82 Å². The number of aromatic amines is 1. The number of hydrogen-bond donors (Lipinski definition) is 1. The van der Waals surface area contributed by atoms with E-state index in [-0.39, 0.29) is 5.56 Å². The van der Waals surface area contributed by atoms with Crippen LogP contribution in [0.4, 0.5) is 0 Å². The first-order chi connectivity index (χ1) is 11.3. The molecule has 0 aromatic carbocycles. The number of hydrogen-bond acceptors (Lipinski definition) is 6. The van der Waals surface area contributed by atoms with Crippen molar-refractivity contribution in [1.29, 1.82) is 0 Å². The van der Waals surface area contributed by atoms with Crippen molar-refractivity contribution in [3.63, 3.8) is 0 Å². The van der Waals surface area contributed by atoms with E-state index < -0.39 is 0 Å². The Labute approximate surface area is 138 Å². The van der Waals surface area contributed by atoms with Gasteiger partial charge in [0.2, 0.25) is 0 Å². The molecular formula is C16H19N5OS. The fourth-order valence-electron chi connectivity index (χ4n) is 3.18. The highest BCUT2D eigenvalue weighted by atomic mass is 32.1. The molecule has 0 fully saturated rings. The van der Waals surface area contributed by atoms with Gasteiger partial charge in [-0.05, 0) is 19.3 Å². The molecular weight excluding hydrogens is 310 g/mol. The summed E-state index contributed by atoms with van der Waals surface area (Å²) < 4.78 is 0. The van der Waals surface area contributed by atoms with Crippen LogP contribution in [0, 0.1) is 0 Å². The standard InChI is InChI=1S/C16H19N5OS/c22-16-12-9-21(8-11-7-17-10-23-11)6-4-13(12)19-15(20-16)14-3-1-2-5-18-14/h7,10H,1-6,8-9H2,(H,19,20,22). The first kappa shape index (κ1) is 14.7. The van der Waals surface area contributed by atoms with Crippen molar-refractivity contribution < 1.29 is 0 Å². The number of H-pyrrole nitrogens is 1. The molecule has 2 aromatic heterocycles. The Morgan fingerprint density at radius 3 is 3.04 bits per heavy atom. The average Bonchev–Trinajstić information content (AvgIpc) is 3.09. The van der Waals surface area contributed by atoms with Gasteiger partial charge in [0.1, 0.15) is 0 Å². The summed E-state index contributed by atoms with van der Waals surface area (Å²) >= 11 is 1.65. The van der Waals surface area contributed by atoms with E-state index in [0.717, 1.165) is 62.3 Å². The summed E-state index contributed by atoms with van der Waals surface area (Å²) in [6.45, 7) is 3.27. The SMILES string of the molecule is O=c1[nH]c(C2=NCCCC2)nc2c1CN(Cc1cncs1)CC2. The maximum atomic E-state index is 12.5. The summed E-state index contributed by atoms with van der Waals surface area (Å²) in [5.41, 5.74) is 4.55. The van der Waals surface area contributed by atoms with Crippen molar-refractivity contribution in [3.8, 4) is 0 Å². The van der Waals surface area contributed by atoms with Gasteiger partial charge in [-0.25, -0.2) is 4.98 Å². The Balaban J connectivity index is 1.58. The second-order valence-electron chi connectivity index (χ2n) is 6.05. The molecule has 4 rings (SSSR count). The van der Waals surface area contributed by atoms with Gasteiger partial charge in [0, 0.05) is 43.7 Å². The zero-order valence-electron chi connectivity index (χ0n) is 12.9. The largest absolute Gasteiger partial charge is 0.305 e. The molecule has 4 heterocycles. The molecule has 2 aromatic rings. The van der Waals surface area contributed by atoms with Crippen LogP contribution in [0.3, 0.4) is 0 Å². The molecule has 2 aliphatic rings. The molecule has 0 spiro atoms. The fourth-order valence-corrected chi connectivity index (χ4v) is 3.82. The van der Waals surface area contributed by atoms with Gasteiger partial charge in [-0.2, -0.15) is 0 Å². The van der Waals surface area contributed by atoms with Gasteiger partial charge < -0.3 is 4.98 Å². The van der Waals surface area contributed by atoms with Gasteiger partial charge >= 0.3 is 0 Å². The molecule has 6 nitrogen and oxygen atoms in total. The normalized spacial score (nSPS) is 18.5. The Hall–Kier alpha value is -1.86. The molecule has 0 saturated carbocycles. The summed E-state index contributed by atoms with van der Waals surface area (Å²) in [4.78, 5) is 32.3. The Bertz CT molecular complexity index is 780. The van der Waals surface area contributed by atoms with Crippen molar-refractivity contribution >= 4 is 17.0 Å². The van der Waals surface area contributed by atoms with Crippen LogP contribution >= 0.6 is 11.3 Å². The van der Waals surface area contributed by atoms with E-state index >= 15 is 0 Å². The molecule has 2 aliphatic heterocycles. The van der Waals surface area contributed by atoms with E-state index in [0.29, 0.717) is 12.4 Å². The minimum Gasteiger partial charge on any atom is -0.305 e. The smallest absolute Gasteiger partial charge is 0.255 e. The fraction of sp³-hybridized carbons (Fsp3) is 0.500. The zero-order valence-corrected chi connectivity index (χ0v) is 13.7. The van der Waals surface area contributed by atoms with Crippen molar-refractivity contribution in [1.82, 2.24) is 19.9 Å². The molecule has 0 bridgehead atoms. The predicted molar refractivity (Wildman–Crippen MR) is 90.0 cm³/mol. The van der Waals surface area contributed by atoms with Crippen molar-refractivity contribution in [2.75, 3.05) is 13.1 Å². The Morgan fingerprint density at radius 1 is 1.30 bits per heavy atom. The molecule has 0 atom stereocenters. The molecule has 7 heteroatoms. The molecule has 0 unspecified atom stereocenters. The highest BCUT2D eigenvalue weighted by molar-refractivity contribution is 7.09. The van der Waals surface area contributed by atoms with Gasteiger partial charge in [-0.1, -0.05) is 0 Å². The Morgan fingerprint density at radius 2 is 2.26 bits per heavy atom. The number of fused-ring (bicyclic) bond motifs is 1. The van der Waals surface area contributed by atoms with E-state index in [1.165, 1.54) is 4.88 Å². The summed E-state index contributed by atoms with van der Waals surface area (Å²) in [5.74, 6) is 0.685. The number of aromatic nitrogens is 3. The highest BCUT2D eigenvalue weighted by Crippen LogP contribution is 2.19. The minimum absolute atomic E-state index is 0.00715. The minimum atomic E-state index is -0.00715. The maximum absolute atomic E-state index is 12.5. The number of thiazole rings is 1. The second kappa shape index (κ2) is 6.33. The molecule has 0 amide bonds. The second-order valence-corrected chi connectivity index (χ2v) is 7.02. The first-order valence-electron chi connectivity index (χ1n) is 8.05. The van der Waals surface area contributed by atoms with Crippen LogP contribution in [-0.2, 0) is 19.5 Å². The number of rotatable bonds is 3. The summed E-state index contributed by atoms with van der Waals surface area (Å²) in [6.07, 6.45) is 5.89. The van der Waals surface area contributed by atoms with Gasteiger partial charge in [-0.15, -0.1) is 11.3 Å². The highest BCUT2D eigenvalue weighted by Gasteiger charge is 2.22. The van der Waals surface area contributed by atoms with Crippen LogP contribution in [0.2, 0.25) is 0 Å². The van der Waals surface area contributed by atoms with Crippen LogP contribution < -0.4 is 5.56 Å². The first-order valence-corrected chi connectivity index (χ1v) is 8.93. The lowest BCUT2D eigenvalue weighted by Gasteiger charge is -2.27. The Kier molecular flexibility index (Phi) is 4.05. The molecule has 0 radical (unpaired) electrons. The van der Waals surface area contributed by atoms with Crippen LogP contribution in [0.1, 0.15) is 41.2 Å². The van der Waals surface area contributed by atoms with Crippen molar-refractivity contribution in [2.24, 2.45) is 4.99 Å². The molecule has 1 N–H and O–H groups in total. The topological polar surface area (TPSA) is 74.2 Å². The van der Waals surface area contributed by atoms with Crippen molar-refractivity contribution in [3.05, 3.63) is 44.0 Å². The van der Waals surface area contributed by atoms with Crippen LogP contribution in [-0.4, -0.2) is 38.7 Å². The number of nitrogens with one attached hydrogen (secondary N) is 1. The monoisotopic (exact) mass is 329 g/mol. The van der Waals surface area contributed by atoms with Crippen molar-refractivity contribution in [2.45, 2.75) is 38.8 Å². The lowest BCUT2D eigenvalue weighted by Crippen LogP contribution is -2.36. The molecule has 0 aliphatic carbocycles.